The fraction of sp³-hybridized carbons (Fsp3) is 0.238. The number of rotatable bonds is 6. The molecule has 1 aromatic heterocycles. The van der Waals surface area contributed by atoms with Crippen LogP contribution in [0.5, 0.6) is 5.75 Å². The molecule has 0 saturated carbocycles. The highest BCUT2D eigenvalue weighted by Gasteiger charge is 2.20. The molecule has 0 unspecified atom stereocenters. The van der Waals surface area contributed by atoms with Gasteiger partial charge in [-0.15, -0.1) is 0 Å². The smallest absolute Gasteiger partial charge is 0.314 e. The first-order valence-electron chi connectivity index (χ1n) is 9.00. The Morgan fingerprint density at radius 1 is 1.10 bits per heavy atom. The van der Waals surface area contributed by atoms with Crippen molar-refractivity contribution >= 4 is 9.84 Å². The van der Waals surface area contributed by atoms with Crippen molar-refractivity contribution in [3.05, 3.63) is 70.9 Å². The van der Waals surface area contributed by atoms with Crippen molar-refractivity contribution in [2.45, 2.75) is 24.3 Å². The van der Waals surface area contributed by atoms with Gasteiger partial charge in [0.15, 0.2) is 15.6 Å². The van der Waals surface area contributed by atoms with Gasteiger partial charge in [0.25, 0.3) is 0 Å². The van der Waals surface area contributed by atoms with Crippen molar-refractivity contribution in [3.63, 3.8) is 0 Å². The molecule has 0 aliphatic rings. The van der Waals surface area contributed by atoms with Crippen LogP contribution in [-0.4, -0.2) is 41.8 Å². The van der Waals surface area contributed by atoms with E-state index in [4.69, 9.17) is 4.74 Å². The van der Waals surface area contributed by atoms with Gasteiger partial charge in [0.2, 0.25) is 0 Å². The van der Waals surface area contributed by atoms with E-state index in [0.717, 1.165) is 10.9 Å². The molecule has 3 rings (SSSR count). The summed E-state index contributed by atoms with van der Waals surface area (Å²) in [5.74, 6) is -0.517. The Morgan fingerprint density at radius 2 is 1.70 bits per heavy atom. The van der Waals surface area contributed by atoms with E-state index >= 15 is 0 Å². The van der Waals surface area contributed by atoms with Gasteiger partial charge in [-0.25, -0.2) is 12.8 Å². The van der Waals surface area contributed by atoms with E-state index in [2.05, 4.69) is 5.10 Å². The molecule has 0 bridgehead atoms. The largest absolute Gasteiger partial charge is 0.484 e. The molecule has 0 atom stereocenters. The second-order valence-corrected chi connectivity index (χ2v) is 9.49. The third-order valence-corrected chi connectivity index (χ3v) is 5.30. The zero-order valence-electron chi connectivity index (χ0n) is 16.7. The molecule has 1 N–H and O–H groups in total. The lowest BCUT2D eigenvalue weighted by molar-refractivity contribution is 0.0280. The van der Waals surface area contributed by atoms with Crippen LogP contribution in [0, 0.1) is 5.82 Å². The molecule has 0 fully saturated rings. The lowest BCUT2D eigenvalue weighted by atomic mass is 10.1. The van der Waals surface area contributed by atoms with Crippen molar-refractivity contribution in [2.75, 3.05) is 12.9 Å². The van der Waals surface area contributed by atoms with Gasteiger partial charge >= 0.3 is 5.56 Å². The molecule has 3 aromatic rings. The number of halogens is 1. The molecule has 30 heavy (non-hydrogen) atoms. The van der Waals surface area contributed by atoms with Crippen LogP contribution in [-0.2, 0) is 9.84 Å². The molecular formula is C21H21FN2O5S. The summed E-state index contributed by atoms with van der Waals surface area (Å²) in [4.78, 5) is 13.2. The standard InChI is InChI=1S/C21H21FN2O5S/c1-21(2,26)13-29-19-18(14-4-10-17(11-5-14)30(3,27)28)12-23-24(20(19)25)16-8-6-15(22)7-9-16/h4-12,26H,13H2,1-3H3. The summed E-state index contributed by atoms with van der Waals surface area (Å²) in [6.45, 7) is 2.91. The Bertz CT molecular complexity index is 1210. The van der Waals surface area contributed by atoms with Crippen LogP contribution in [0.25, 0.3) is 16.8 Å². The molecule has 0 aliphatic heterocycles. The Kier molecular flexibility index (Phi) is 5.78. The van der Waals surface area contributed by atoms with Crippen molar-refractivity contribution in [1.29, 1.82) is 0 Å². The number of sulfone groups is 1. The van der Waals surface area contributed by atoms with E-state index < -0.39 is 26.8 Å². The van der Waals surface area contributed by atoms with Gasteiger partial charge in [0.05, 0.1) is 22.4 Å². The molecule has 7 nitrogen and oxygen atoms in total. The van der Waals surface area contributed by atoms with Crippen LogP contribution in [0.15, 0.2) is 64.4 Å². The number of hydrogen-bond acceptors (Lipinski definition) is 6. The third kappa shape index (κ3) is 4.92. The summed E-state index contributed by atoms with van der Waals surface area (Å²) in [6, 6.07) is 11.2. The average molecular weight is 432 g/mol. The van der Waals surface area contributed by atoms with Crippen molar-refractivity contribution in [1.82, 2.24) is 9.78 Å². The van der Waals surface area contributed by atoms with Gasteiger partial charge < -0.3 is 9.84 Å². The Morgan fingerprint density at radius 3 is 2.23 bits per heavy atom. The van der Waals surface area contributed by atoms with E-state index in [1.807, 2.05) is 0 Å². The van der Waals surface area contributed by atoms with E-state index in [1.165, 1.54) is 56.4 Å². The van der Waals surface area contributed by atoms with Gasteiger partial charge in [0.1, 0.15) is 12.4 Å². The minimum atomic E-state index is -3.37. The zero-order chi connectivity index (χ0) is 22.1. The highest BCUT2D eigenvalue weighted by molar-refractivity contribution is 7.90. The topological polar surface area (TPSA) is 98.5 Å². The van der Waals surface area contributed by atoms with Crippen LogP contribution < -0.4 is 10.3 Å². The van der Waals surface area contributed by atoms with Crippen LogP contribution >= 0.6 is 0 Å². The Hall–Kier alpha value is -3.04. The van der Waals surface area contributed by atoms with E-state index in [-0.39, 0.29) is 17.3 Å². The van der Waals surface area contributed by atoms with Gasteiger partial charge in [-0.05, 0) is 55.8 Å². The van der Waals surface area contributed by atoms with Crippen LogP contribution in [0.1, 0.15) is 13.8 Å². The van der Waals surface area contributed by atoms with Crippen LogP contribution in [0.3, 0.4) is 0 Å². The number of benzene rings is 2. The van der Waals surface area contributed by atoms with E-state index in [1.54, 1.807) is 12.1 Å². The minimum Gasteiger partial charge on any atom is -0.484 e. The van der Waals surface area contributed by atoms with E-state index in [0.29, 0.717) is 16.8 Å². The summed E-state index contributed by atoms with van der Waals surface area (Å²) in [6.07, 6.45) is 2.51. The van der Waals surface area contributed by atoms with Gasteiger partial charge in [0, 0.05) is 11.8 Å². The van der Waals surface area contributed by atoms with Crippen molar-refractivity contribution < 1.29 is 22.7 Å². The second-order valence-electron chi connectivity index (χ2n) is 7.48. The number of ether oxygens (including phenoxy) is 1. The Balaban J connectivity index is 2.13. The van der Waals surface area contributed by atoms with Crippen molar-refractivity contribution in [2.24, 2.45) is 0 Å². The summed E-state index contributed by atoms with van der Waals surface area (Å²) < 4.78 is 43.3. The first-order chi connectivity index (χ1) is 14.0. The van der Waals surface area contributed by atoms with Gasteiger partial charge in [-0.2, -0.15) is 9.78 Å². The molecule has 0 radical (unpaired) electrons. The van der Waals surface area contributed by atoms with Gasteiger partial charge in [-0.1, -0.05) is 12.1 Å². The van der Waals surface area contributed by atoms with E-state index in [9.17, 15) is 22.7 Å². The molecule has 9 heteroatoms. The Labute approximate surface area is 173 Å². The molecule has 0 saturated heterocycles. The maximum absolute atomic E-state index is 13.2. The number of aromatic nitrogens is 2. The molecule has 2 aromatic carbocycles. The summed E-state index contributed by atoms with van der Waals surface area (Å²) in [7, 11) is -3.37. The normalized spacial score (nSPS) is 12.0. The predicted molar refractivity (Wildman–Crippen MR) is 110 cm³/mol. The first-order valence-corrected chi connectivity index (χ1v) is 10.9. The monoisotopic (exact) mass is 432 g/mol. The maximum atomic E-state index is 13.2. The van der Waals surface area contributed by atoms with Crippen molar-refractivity contribution in [3.8, 4) is 22.6 Å². The van der Waals surface area contributed by atoms with Crippen LogP contribution in [0.4, 0.5) is 4.39 Å². The molecule has 0 amide bonds. The summed E-state index contributed by atoms with van der Waals surface area (Å²) >= 11 is 0. The number of nitrogens with zero attached hydrogens (tertiary/aromatic N) is 2. The molecule has 0 aliphatic carbocycles. The number of hydrogen-bond donors (Lipinski definition) is 1. The molecule has 158 valence electrons. The quantitative estimate of drug-likeness (QED) is 0.643. The second kappa shape index (κ2) is 8.00. The fourth-order valence-corrected chi connectivity index (χ4v) is 3.31. The predicted octanol–water partition coefficient (Wildman–Crippen LogP) is 2.59. The average Bonchev–Trinajstić information content (AvgIpc) is 2.66. The molecular weight excluding hydrogens is 411 g/mol. The lowest BCUT2D eigenvalue weighted by Crippen LogP contribution is -2.31. The maximum Gasteiger partial charge on any atom is 0.314 e. The highest BCUT2D eigenvalue weighted by Crippen LogP contribution is 2.28. The number of aliphatic hydroxyl groups is 1. The fourth-order valence-electron chi connectivity index (χ4n) is 2.68. The summed E-state index contributed by atoms with van der Waals surface area (Å²) in [5, 5.41) is 14.2. The molecule has 0 spiro atoms. The lowest BCUT2D eigenvalue weighted by Gasteiger charge is -2.19. The van der Waals surface area contributed by atoms with Crippen LogP contribution in [0.2, 0.25) is 0 Å². The minimum absolute atomic E-state index is 0.0662. The molecule has 1 heterocycles. The SMILES string of the molecule is CC(C)(O)COc1c(-c2ccc(S(C)(=O)=O)cc2)cnn(-c2ccc(F)cc2)c1=O. The third-order valence-electron chi connectivity index (χ3n) is 4.17. The highest BCUT2D eigenvalue weighted by atomic mass is 32.2. The summed E-state index contributed by atoms with van der Waals surface area (Å²) in [5.41, 5.74) is -0.607. The zero-order valence-corrected chi connectivity index (χ0v) is 17.5. The van der Waals surface area contributed by atoms with Gasteiger partial charge in [-0.3, -0.25) is 4.79 Å². The first kappa shape index (κ1) is 21.7.